The van der Waals surface area contributed by atoms with Crippen LogP contribution in [0.25, 0.3) is 0 Å². The fourth-order valence-electron chi connectivity index (χ4n) is 2.53. The summed E-state index contributed by atoms with van der Waals surface area (Å²) in [5, 5.41) is 0. The number of nitrogens with two attached hydrogens (primary N) is 1. The van der Waals surface area contributed by atoms with Gasteiger partial charge in [-0.1, -0.05) is 0 Å². The van der Waals surface area contributed by atoms with Gasteiger partial charge in [0.25, 0.3) is 5.91 Å². The molecule has 0 aromatic heterocycles. The van der Waals surface area contributed by atoms with E-state index in [-0.39, 0.29) is 25.0 Å². The minimum absolute atomic E-state index is 0.0646. The van der Waals surface area contributed by atoms with Crippen molar-refractivity contribution in [1.82, 2.24) is 4.90 Å². The first-order valence-electron chi connectivity index (χ1n) is 6.32. The average Bonchev–Trinajstić information content (AvgIpc) is 2.84. The fraction of sp³-hybridized carbons (Fsp3) is 0.462. The maximum Gasteiger partial charge on any atom is 0.260 e. The summed E-state index contributed by atoms with van der Waals surface area (Å²) in [5.74, 6) is -12.0. The molecule has 21 heavy (non-hydrogen) atoms. The average molecular weight is 308 g/mol. The van der Waals surface area contributed by atoms with E-state index < -0.39 is 40.6 Å². The Morgan fingerprint density at radius 2 is 1.57 bits per heavy atom. The molecule has 0 spiro atoms. The van der Waals surface area contributed by atoms with Crippen LogP contribution in [-0.2, 0) is 0 Å². The third-order valence-electron chi connectivity index (χ3n) is 3.68. The number of benzene rings is 1. The van der Waals surface area contributed by atoms with E-state index in [9.17, 15) is 26.7 Å². The van der Waals surface area contributed by atoms with Gasteiger partial charge in [0.15, 0.2) is 23.3 Å². The first-order chi connectivity index (χ1) is 9.79. The summed E-state index contributed by atoms with van der Waals surface area (Å²) in [6, 6.07) is -0.388. The lowest BCUT2D eigenvalue weighted by atomic mass is 10.1. The Morgan fingerprint density at radius 3 is 2.00 bits per heavy atom. The van der Waals surface area contributed by atoms with Gasteiger partial charge in [-0.05, 0) is 25.8 Å². The lowest BCUT2D eigenvalue weighted by molar-refractivity contribution is 0.0730. The fourth-order valence-corrected chi connectivity index (χ4v) is 2.53. The van der Waals surface area contributed by atoms with E-state index in [2.05, 4.69) is 0 Å². The molecule has 2 N–H and O–H groups in total. The number of halogens is 5. The van der Waals surface area contributed by atoms with Crippen molar-refractivity contribution in [3.05, 3.63) is 34.6 Å². The molecule has 0 saturated carbocycles. The number of carbonyl (C=O) groups is 1. The summed E-state index contributed by atoms with van der Waals surface area (Å²) in [6.45, 7) is 2.01. The van der Waals surface area contributed by atoms with E-state index in [1.54, 1.807) is 6.92 Å². The van der Waals surface area contributed by atoms with Crippen LogP contribution in [0.3, 0.4) is 0 Å². The number of amides is 1. The smallest absolute Gasteiger partial charge is 0.260 e. The standard InChI is InChI=1S/C13H13F5N2O/c1-5-2-6(3-19)4-20(5)13(21)7-8(14)10(16)12(18)11(17)9(7)15/h5-6H,2-4,19H2,1H3. The van der Waals surface area contributed by atoms with Gasteiger partial charge in [-0.2, -0.15) is 0 Å². The molecule has 2 atom stereocenters. The molecule has 0 bridgehead atoms. The number of hydrogen-bond donors (Lipinski definition) is 1. The highest BCUT2D eigenvalue weighted by molar-refractivity contribution is 5.95. The van der Waals surface area contributed by atoms with E-state index in [0.29, 0.717) is 6.42 Å². The van der Waals surface area contributed by atoms with Gasteiger partial charge >= 0.3 is 0 Å². The maximum absolute atomic E-state index is 13.6. The highest BCUT2D eigenvalue weighted by Gasteiger charge is 2.37. The molecule has 0 aliphatic carbocycles. The van der Waals surface area contributed by atoms with Crippen LogP contribution in [-0.4, -0.2) is 29.9 Å². The van der Waals surface area contributed by atoms with Crippen molar-refractivity contribution >= 4 is 5.91 Å². The number of nitrogens with zero attached hydrogens (tertiary/aromatic N) is 1. The molecule has 2 rings (SSSR count). The normalized spacial score (nSPS) is 22.0. The van der Waals surface area contributed by atoms with Crippen molar-refractivity contribution in [3.63, 3.8) is 0 Å². The first-order valence-corrected chi connectivity index (χ1v) is 6.32. The monoisotopic (exact) mass is 308 g/mol. The maximum atomic E-state index is 13.6. The van der Waals surface area contributed by atoms with Crippen molar-refractivity contribution in [2.45, 2.75) is 19.4 Å². The molecule has 1 aliphatic heterocycles. The Bertz CT molecular complexity index is 563. The topological polar surface area (TPSA) is 46.3 Å². The molecule has 1 aromatic rings. The third-order valence-corrected chi connectivity index (χ3v) is 3.68. The van der Waals surface area contributed by atoms with E-state index >= 15 is 0 Å². The Labute approximate surface area is 117 Å². The van der Waals surface area contributed by atoms with Gasteiger partial charge in [0.1, 0.15) is 5.56 Å². The van der Waals surface area contributed by atoms with Crippen molar-refractivity contribution in [2.75, 3.05) is 13.1 Å². The van der Waals surface area contributed by atoms with Crippen LogP contribution in [0.4, 0.5) is 22.0 Å². The summed E-state index contributed by atoms with van der Waals surface area (Å²) in [4.78, 5) is 13.2. The van der Waals surface area contributed by atoms with Gasteiger partial charge in [0.05, 0.1) is 0 Å². The minimum Gasteiger partial charge on any atom is -0.335 e. The molecule has 1 fully saturated rings. The van der Waals surface area contributed by atoms with Crippen LogP contribution in [0.1, 0.15) is 23.7 Å². The van der Waals surface area contributed by atoms with Gasteiger partial charge in [-0.3, -0.25) is 4.79 Å². The van der Waals surface area contributed by atoms with Gasteiger partial charge in [0, 0.05) is 12.6 Å². The minimum atomic E-state index is -2.28. The number of hydrogen-bond acceptors (Lipinski definition) is 2. The van der Waals surface area contributed by atoms with E-state index in [0.717, 1.165) is 4.90 Å². The molecule has 1 aliphatic rings. The van der Waals surface area contributed by atoms with E-state index in [1.807, 2.05) is 0 Å². The van der Waals surface area contributed by atoms with Crippen LogP contribution in [0.2, 0.25) is 0 Å². The summed E-state index contributed by atoms with van der Waals surface area (Å²) in [6.07, 6.45) is 0.512. The zero-order valence-corrected chi connectivity index (χ0v) is 11.1. The van der Waals surface area contributed by atoms with Crippen LogP contribution in [0.5, 0.6) is 0 Å². The van der Waals surface area contributed by atoms with Gasteiger partial charge < -0.3 is 10.6 Å². The predicted octanol–water partition coefficient (Wildman–Crippen LogP) is 2.19. The molecule has 1 amide bonds. The van der Waals surface area contributed by atoms with Gasteiger partial charge in [0.2, 0.25) is 5.82 Å². The molecule has 1 heterocycles. The molecule has 3 nitrogen and oxygen atoms in total. The molecular formula is C13H13F5N2O. The lowest BCUT2D eigenvalue weighted by Gasteiger charge is -2.22. The summed E-state index contributed by atoms with van der Waals surface area (Å²) in [5.41, 5.74) is 4.05. The Kier molecular flexibility index (Phi) is 4.18. The number of rotatable bonds is 2. The number of likely N-dealkylation sites (tertiary alicyclic amines) is 1. The SMILES string of the molecule is CC1CC(CN)CN1C(=O)c1c(F)c(F)c(F)c(F)c1F. The molecule has 1 aromatic carbocycles. The van der Waals surface area contributed by atoms with E-state index in [4.69, 9.17) is 5.73 Å². The van der Waals surface area contributed by atoms with Crippen LogP contribution in [0, 0.1) is 35.0 Å². The Morgan fingerprint density at radius 1 is 1.10 bits per heavy atom. The second kappa shape index (κ2) is 5.59. The quantitative estimate of drug-likeness (QED) is 0.517. The number of carbonyl (C=O) groups excluding carboxylic acids is 1. The highest BCUT2D eigenvalue weighted by Crippen LogP contribution is 2.28. The zero-order valence-electron chi connectivity index (χ0n) is 11.1. The first kappa shape index (κ1) is 15.7. The largest absolute Gasteiger partial charge is 0.335 e. The van der Waals surface area contributed by atoms with Gasteiger partial charge in [-0.15, -0.1) is 0 Å². The van der Waals surface area contributed by atoms with Crippen LogP contribution < -0.4 is 5.73 Å². The summed E-state index contributed by atoms with van der Waals surface area (Å²) in [7, 11) is 0. The van der Waals surface area contributed by atoms with Crippen LogP contribution in [0.15, 0.2) is 0 Å². The predicted molar refractivity (Wildman–Crippen MR) is 63.9 cm³/mol. The van der Waals surface area contributed by atoms with Crippen molar-refractivity contribution in [3.8, 4) is 0 Å². The Balaban J connectivity index is 2.45. The van der Waals surface area contributed by atoms with Crippen molar-refractivity contribution in [2.24, 2.45) is 11.7 Å². The van der Waals surface area contributed by atoms with Gasteiger partial charge in [-0.25, -0.2) is 22.0 Å². The molecule has 0 radical (unpaired) electrons. The molecule has 2 unspecified atom stereocenters. The Hall–Kier alpha value is -1.70. The highest BCUT2D eigenvalue weighted by atomic mass is 19.2. The zero-order chi connectivity index (χ0) is 15.9. The van der Waals surface area contributed by atoms with Crippen molar-refractivity contribution in [1.29, 1.82) is 0 Å². The molecule has 1 saturated heterocycles. The van der Waals surface area contributed by atoms with Crippen LogP contribution >= 0.6 is 0 Å². The summed E-state index contributed by atoms with van der Waals surface area (Å²) >= 11 is 0. The van der Waals surface area contributed by atoms with E-state index in [1.165, 1.54) is 0 Å². The molecule has 116 valence electrons. The second-order valence-electron chi connectivity index (χ2n) is 5.09. The lowest BCUT2D eigenvalue weighted by Crippen LogP contribution is -2.36. The van der Waals surface area contributed by atoms with Crippen molar-refractivity contribution < 1.29 is 26.7 Å². The summed E-state index contributed by atoms with van der Waals surface area (Å²) < 4.78 is 66.5. The second-order valence-corrected chi connectivity index (χ2v) is 5.09. The molecular weight excluding hydrogens is 295 g/mol. The molecule has 8 heteroatoms. The third kappa shape index (κ3) is 2.48.